The Balaban J connectivity index is 0.00000280. The fourth-order valence-corrected chi connectivity index (χ4v) is 4.20. The van der Waals surface area contributed by atoms with Crippen molar-refractivity contribution in [2.75, 3.05) is 39.6 Å². The van der Waals surface area contributed by atoms with Gasteiger partial charge in [-0.25, -0.2) is 5.32 Å². The molecule has 7 nitrogen and oxygen atoms in total. The van der Waals surface area contributed by atoms with Crippen LogP contribution in [0.1, 0.15) is 0 Å². The van der Waals surface area contributed by atoms with E-state index in [1.54, 1.807) is 16.3 Å². The van der Waals surface area contributed by atoms with Crippen LogP contribution in [-0.4, -0.2) is 67.2 Å². The Morgan fingerprint density at radius 2 is 1.89 bits per heavy atom. The minimum absolute atomic E-state index is 0. The summed E-state index contributed by atoms with van der Waals surface area (Å²) < 4.78 is 1.55. The van der Waals surface area contributed by atoms with Crippen molar-refractivity contribution in [3.05, 3.63) is 42.1 Å². The average Bonchev–Trinajstić information content (AvgIpc) is 2.62. The van der Waals surface area contributed by atoms with Gasteiger partial charge in [0.2, 0.25) is 0 Å². The van der Waals surface area contributed by atoms with E-state index < -0.39 is 18.5 Å². The fourth-order valence-electron chi connectivity index (χ4n) is 2.95. The van der Waals surface area contributed by atoms with Crippen LogP contribution in [0.15, 0.2) is 47.0 Å². The first-order chi connectivity index (χ1) is 12.8. The Morgan fingerprint density at radius 1 is 1.18 bits per heavy atom. The van der Waals surface area contributed by atoms with E-state index in [0.29, 0.717) is 0 Å². The average molecular weight is 409 g/mol. The number of amides is 2. The number of likely N-dealkylation sites (N-methyl/N-ethyl adjacent to an activating group) is 1. The standard InChI is InChI=1S/C19H22N4O3S.Na/c1-21(2)12-5-7-14-16(9-12)27-17-10-13(22(3)4)6-8-15(17)23(14)19(26)20-11-18(24)25;/h5-10,16H,11H2,1-4H3,(H-,20,24,25,26);/q;+1. The van der Waals surface area contributed by atoms with Gasteiger partial charge in [0.25, 0.3) is 0 Å². The van der Waals surface area contributed by atoms with E-state index in [0.717, 1.165) is 27.7 Å². The second kappa shape index (κ2) is 9.17. The zero-order chi connectivity index (χ0) is 19.7. The molecule has 2 aliphatic rings. The Bertz CT molecular complexity index is 893. The number of urea groups is 1. The molecule has 1 N–H and O–H groups in total. The van der Waals surface area contributed by atoms with Crippen LogP contribution in [0.4, 0.5) is 16.2 Å². The number of thioether (sulfide) groups is 1. The van der Waals surface area contributed by atoms with E-state index in [-0.39, 0.29) is 34.8 Å². The summed E-state index contributed by atoms with van der Waals surface area (Å²) in [5, 5.41) is 13.1. The molecule has 0 saturated carbocycles. The number of hydrogen-bond donors (Lipinski definition) is 1. The minimum Gasteiger partial charge on any atom is -0.546 e. The Hall–Kier alpha value is -1.74. The minimum atomic E-state index is -1.33. The maximum atomic E-state index is 12.8. The monoisotopic (exact) mass is 409 g/mol. The van der Waals surface area contributed by atoms with Gasteiger partial charge in [-0.3, -0.25) is 0 Å². The van der Waals surface area contributed by atoms with E-state index in [4.69, 9.17) is 0 Å². The molecule has 1 heterocycles. The third kappa shape index (κ3) is 4.63. The molecule has 1 aromatic carbocycles. The van der Waals surface area contributed by atoms with Gasteiger partial charge in [-0.1, -0.05) is 0 Å². The molecule has 1 aliphatic heterocycles. The van der Waals surface area contributed by atoms with E-state index >= 15 is 0 Å². The van der Waals surface area contributed by atoms with Crippen LogP contribution in [0.25, 0.3) is 0 Å². The second-order valence-corrected chi connectivity index (χ2v) is 7.88. The number of carboxylic acid groups (broad SMARTS) is 1. The zero-order valence-electron chi connectivity index (χ0n) is 16.7. The van der Waals surface area contributed by atoms with Crippen LogP contribution >= 0.6 is 11.8 Å². The molecule has 0 spiro atoms. The summed E-state index contributed by atoms with van der Waals surface area (Å²) in [4.78, 5) is 28.5. The normalized spacial score (nSPS) is 17.0. The molecule has 28 heavy (non-hydrogen) atoms. The van der Waals surface area contributed by atoms with E-state index in [9.17, 15) is 14.7 Å². The van der Waals surface area contributed by atoms with E-state index in [1.165, 1.54) is 0 Å². The molecule has 1 aromatic rings. The SMILES string of the molecule is CN(C)C1=CC2Sc3cc(N(C)C)ccc3[N+](C(=O)NCC(=O)[O-])=C2C=C1.[Na+]. The van der Waals surface area contributed by atoms with Crippen molar-refractivity contribution in [2.45, 2.75) is 10.1 Å². The van der Waals surface area contributed by atoms with Gasteiger partial charge in [0.05, 0.1) is 16.1 Å². The van der Waals surface area contributed by atoms with Crippen molar-refractivity contribution in [1.82, 2.24) is 10.2 Å². The number of rotatable bonds is 4. The number of fused-ring (bicyclic) bond motifs is 2. The number of allylic oxidation sites excluding steroid dienone is 2. The fraction of sp³-hybridized carbons (Fsp3) is 0.316. The van der Waals surface area contributed by atoms with E-state index in [1.807, 2.05) is 68.3 Å². The van der Waals surface area contributed by atoms with Crippen LogP contribution < -0.4 is 44.9 Å². The summed E-state index contributed by atoms with van der Waals surface area (Å²) >= 11 is 1.67. The third-order valence-electron chi connectivity index (χ3n) is 4.35. The first-order valence-corrected chi connectivity index (χ1v) is 9.36. The number of benzene rings is 1. The molecule has 0 radical (unpaired) electrons. The molecule has 1 atom stereocenters. The maximum Gasteiger partial charge on any atom is 1.00 e. The van der Waals surface area contributed by atoms with Gasteiger partial charge in [0.15, 0.2) is 0 Å². The first-order valence-electron chi connectivity index (χ1n) is 8.48. The maximum absolute atomic E-state index is 12.8. The molecule has 2 amide bonds. The van der Waals surface area contributed by atoms with Crippen LogP contribution in [0, 0.1) is 0 Å². The number of carboxylic acids is 1. The summed E-state index contributed by atoms with van der Waals surface area (Å²) in [5.41, 5.74) is 3.62. The molecule has 0 saturated heterocycles. The van der Waals surface area contributed by atoms with Crippen molar-refractivity contribution < 1.29 is 48.8 Å². The summed E-state index contributed by atoms with van der Waals surface area (Å²) in [6, 6.07) is 5.38. The number of aliphatic carboxylic acids is 1. The summed E-state index contributed by atoms with van der Waals surface area (Å²) in [6.45, 7) is -0.534. The summed E-state index contributed by atoms with van der Waals surface area (Å²) in [6.07, 6.45) is 5.96. The van der Waals surface area contributed by atoms with Gasteiger partial charge in [-0.15, -0.1) is 11.8 Å². The molecule has 9 heteroatoms. The van der Waals surface area contributed by atoms with Crippen molar-refractivity contribution in [2.24, 2.45) is 0 Å². The number of nitrogens with one attached hydrogen (secondary N) is 1. The molecule has 1 aliphatic carbocycles. The van der Waals surface area contributed by atoms with Crippen molar-refractivity contribution >= 4 is 40.8 Å². The van der Waals surface area contributed by atoms with Crippen molar-refractivity contribution in [3.63, 3.8) is 0 Å². The predicted octanol–water partition coefficient (Wildman–Crippen LogP) is -2.21. The molecule has 0 fully saturated rings. The molecule has 1 unspecified atom stereocenters. The molecule has 0 aromatic heterocycles. The molecule has 3 rings (SSSR count). The smallest absolute Gasteiger partial charge is 0.546 e. The van der Waals surface area contributed by atoms with E-state index in [2.05, 4.69) is 11.4 Å². The molecule has 0 bridgehead atoms. The topological polar surface area (TPSA) is 78.7 Å². The number of nitrogens with zero attached hydrogens (tertiary/aromatic N) is 3. The van der Waals surface area contributed by atoms with Crippen LogP contribution in [0.2, 0.25) is 0 Å². The summed E-state index contributed by atoms with van der Waals surface area (Å²) in [5.74, 6) is -1.33. The number of anilines is 1. The Labute approximate surface area is 191 Å². The molecular formula is C19H22N4NaO3S+. The van der Waals surface area contributed by atoms with Gasteiger partial charge < -0.3 is 19.7 Å². The predicted molar refractivity (Wildman–Crippen MR) is 105 cm³/mol. The van der Waals surface area contributed by atoms with Crippen LogP contribution in [-0.2, 0) is 4.79 Å². The number of hydrogen-bond acceptors (Lipinski definition) is 6. The van der Waals surface area contributed by atoms with Crippen molar-refractivity contribution in [3.8, 4) is 0 Å². The molecular weight excluding hydrogens is 387 g/mol. The number of carbonyl (C=O) groups excluding carboxylic acids is 2. The summed E-state index contributed by atoms with van der Waals surface area (Å²) in [7, 11) is 7.86. The van der Waals surface area contributed by atoms with Gasteiger partial charge >= 0.3 is 35.6 Å². The zero-order valence-corrected chi connectivity index (χ0v) is 19.5. The quantitative estimate of drug-likeness (QED) is 0.449. The van der Waals surface area contributed by atoms with Gasteiger partial charge in [-0.2, -0.15) is 9.37 Å². The van der Waals surface area contributed by atoms with Crippen LogP contribution in [0.5, 0.6) is 0 Å². The second-order valence-electron chi connectivity index (χ2n) is 6.70. The number of carbonyl (C=O) groups is 2. The Kier molecular flexibility index (Phi) is 7.39. The largest absolute Gasteiger partial charge is 1.00 e. The first kappa shape index (κ1) is 22.5. The van der Waals surface area contributed by atoms with Crippen molar-refractivity contribution in [1.29, 1.82) is 0 Å². The van der Waals surface area contributed by atoms with Gasteiger partial charge in [0, 0.05) is 39.6 Å². The molecule has 142 valence electrons. The van der Waals surface area contributed by atoms with Gasteiger partial charge in [-0.05, 0) is 36.4 Å². The Morgan fingerprint density at radius 3 is 2.50 bits per heavy atom. The van der Waals surface area contributed by atoms with Crippen LogP contribution in [0.3, 0.4) is 0 Å². The van der Waals surface area contributed by atoms with Gasteiger partial charge in [0.1, 0.15) is 17.9 Å². The third-order valence-corrected chi connectivity index (χ3v) is 5.57.